The molecule has 0 aliphatic heterocycles. The van der Waals surface area contributed by atoms with Crippen LogP contribution in [0.5, 0.6) is 0 Å². The maximum absolute atomic E-state index is 11.6. The molecule has 3 rings (SSSR count). The van der Waals surface area contributed by atoms with E-state index in [1.807, 2.05) is 18.2 Å². The largest absolute Gasteiger partial charge is 0.464 e. The first-order chi connectivity index (χ1) is 11.9. The third-order valence-electron chi connectivity index (χ3n) is 3.99. The van der Waals surface area contributed by atoms with E-state index in [1.165, 1.54) is 7.11 Å². The molecule has 0 bridgehead atoms. The summed E-state index contributed by atoms with van der Waals surface area (Å²) in [5.74, 6) is -0.411. The Kier molecular flexibility index (Phi) is 4.35. The number of allylic oxidation sites excluding steroid dienone is 3. The van der Waals surface area contributed by atoms with Crippen LogP contribution in [0.2, 0.25) is 0 Å². The third-order valence-corrected chi connectivity index (χ3v) is 3.99. The average molecular weight is 338 g/mol. The number of carbonyl (C=O) groups excluding carboxylic acids is 1. The Labute approximate surface area is 146 Å². The number of methoxy groups -OCH3 is 1. The molecule has 0 unspecified atom stereocenters. The molecule has 0 saturated carbocycles. The highest BCUT2D eigenvalue weighted by atomic mass is 16.5. The first kappa shape index (κ1) is 16.8. The lowest BCUT2D eigenvalue weighted by Crippen LogP contribution is -2.08. The molecule has 1 aliphatic carbocycles. The average Bonchev–Trinajstić information content (AvgIpc) is 2.94. The van der Waals surface area contributed by atoms with Gasteiger partial charge < -0.3 is 20.8 Å². The molecule has 0 spiro atoms. The van der Waals surface area contributed by atoms with Crippen LogP contribution in [0.15, 0.2) is 53.9 Å². The number of fused-ring (bicyclic) bond motifs is 1. The molecule has 6 nitrogen and oxygen atoms in total. The van der Waals surface area contributed by atoms with Gasteiger partial charge in [0, 0.05) is 23.0 Å². The number of rotatable bonds is 4. The van der Waals surface area contributed by atoms with Gasteiger partial charge in [-0.1, -0.05) is 26.0 Å². The minimum Gasteiger partial charge on any atom is -0.464 e. The summed E-state index contributed by atoms with van der Waals surface area (Å²) in [5.41, 5.74) is 9.68. The van der Waals surface area contributed by atoms with Gasteiger partial charge in [0.25, 0.3) is 0 Å². The highest BCUT2D eigenvalue weighted by molar-refractivity contribution is 5.94. The van der Waals surface area contributed by atoms with Gasteiger partial charge in [0.05, 0.1) is 19.0 Å². The van der Waals surface area contributed by atoms with Crippen molar-refractivity contribution in [2.45, 2.75) is 13.8 Å². The van der Waals surface area contributed by atoms with Crippen molar-refractivity contribution in [2.75, 3.05) is 19.0 Å². The number of aromatic amines is 1. The minimum atomic E-state index is -0.411. The van der Waals surface area contributed by atoms with Crippen molar-refractivity contribution in [3.05, 3.63) is 59.6 Å². The van der Waals surface area contributed by atoms with Crippen LogP contribution in [0.3, 0.4) is 0 Å². The number of pyridine rings is 1. The molecule has 4 N–H and O–H groups in total. The predicted molar refractivity (Wildman–Crippen MR) is 99.2 cm³/mol. The van der Waals surface area contributed by atoms with E-state index in [1.54, 1.807) is 12.3 Å². The fourth-order valence-electron chi connectivity index (χ4n) is 2.78. The Hall–Kier alpha value is -3.02. The van der Waals surface area contributed by atoms with Gasteiger partial charge in [0.15, 0.2) is 0 Å². The second kappa shape index (κ2) is 6.47. The molecule has 0 amide bonds. The quantitative estimate of drug-likeness (QED) is 0.745. The number of esters is 1. The van der Waals surface area contributed by atoms with Gasteiger partial charge in [-0.15, -0.1) is 0 Å². The minimum absolute atomic E-state index is 0.0487. The van der Waals surface area contributed by atoms with E-state index in [0.29, 0.717) is 17.9 Å². The normalized spacial score (nSPS) is 16.1. The van der Waals surface area contributed by atoms with Crippen LogP contribution in [0, 0.1) is 5.41 Å². The lowest BCUT2D eigenvalue weighted by Gasteiger charge is -2.16. The highest BCUT2D eigenvalue weighted by Gasteiger charge is 2.14. The highest BCUT2D eigenvalue weighted by Crippen LogP contribution is 2.25. The van der Waals surface area contributed by atoms with Gasteiger partial charge >= 0.3 is 5.97 Å². The fourth-order valence-corrected chi connectivity index (χ4v) is 2.78. The molecule has 130 valence electrons. The van der Waals surface area contributed by atoms with E-state index in [4.69, 9.17) is 10.5 Å². The summed E-state index contributed by atoms with van der Waals surface area (Å²) < 4.78 is 4.72. The van der Waals surface area contributed by atoms with E-state index in [-0.39, 0.29) is 5.41 Å². The maximum atomic E-state index is 11.6. The first-order valence-corrected chi connectivity index (χ1v) is 8.05. The summed E-state index contributed by atoms with van der Waals surface area (Å²) in [4.78, 5) is 18.9. The predicted octanol–water partition coefficient (Wildman–Crippen LogP) is 3.13. The number of aromatic nitrogens is 2. The number of nitrogens with one attached hydrogen (secondary N) is 2. The molecule has 0 saturated heterocycles. The third kappa shape index (κ3) is 3.91. The van der Waals surface area contributed by atoms with Crippen LogP contribution in [-0.4, -0.2) is 29.6 Å². The van der Waals surface area contributed by atoms with Crippen molar-refractivity contribution in [2.24, 2.45) is 11.1 Å². The fraction of sp³-hybridized carbons (Fsp3) is 0.263. The molecule has 2 heterocycles. The molecule has 0 radical (unpaired) electrons. The summed E-state index contributed by atoms with van der Waals surface area (Å²) in [6.45, 7) is 4.91. The molecule has 0 aromatic carbocycles. The van der Waals surface area contributed by atoms with Gasteiger partial charge in [-0.2, -0.15) is 0 Å². The molecule has 0 fully saturated rings. The van der Waals surface area contributed by atoms with E-state index in [9.17, 15) is 4.79 Å². The number of hydrogen-bond donors (Lipinski definition) is 3. The number of nitrogens with zero attached hydrogens (tertiary/aromatic N) is 1. The van der Waals surface area contributed by atoms with Crippen molar-refractivity contribution in [1.29, 1.82) is 0 Å². The second-order valence-corrected chi connectivity index (χ2v) is 6.71. The monoisotopic (exact) mass is 338 g/mol. The topological polar surface area (TPSA) is 93.0 Å². The number of carbonyl (C=O) groups is 1. The maximum Gasteiger partial charge on any atom is 0.354 e. The summed E-state index contributed by atoms with van der Waals surface area (Å²) in [6, 6.07) is 3.67. The molecule has 0 atom stereocenters. The zero-order chi connectivity index (χ0) is 18.0. The van der Waals surface area contributed by atoms with E-state index in [0.717, 1.165) is 22.3 Å². The van der Waals surface area contributed by atoms with Crippen molar-refractivity contribution in [3.8, 4) is 0 Å². The number of H-pyrrole nitrogens is 1. The number of hydrogen-bond acceptors (Lipinski definition) is 5. The van der Waals surface area contributed by atoms with Gasteiger partial charge in [-0.3, -0.25) is 0 Å². The van der Waals surface area contributed by atoms with Crippen molar-refractivity contribution >= 4 is 22.7 Å². The lowest BCUT2D eigenvalue weighted by molar-refractivity contribution is 0.0595. The van der Waals surface area contributed by atoms with E-state index >= 15 is 0 Å². The van der Waals surface area contributed by atoms with Crippen LogP contribution >= 0.6 is 0 Å². The molecule has 2 aromatic rings. The number of ether oxygens (including phenoxy) is 1. The summed E-state index contributed by atoms with van der Waals surface area (Å²) in [5, 5.41) is 4.20. The van der Waals surface area contributed by atoms with Crippen LogP contribution in [-0.2, 0) is 4.74 Å². The zero-order valence-electron chi connectivity index (χ0n) is 14.6. The van der Waals surface area contributed by atoms with Gasteiger partial charge in [0.1, 0.15) is 11.3 Å². The number of anilines is 1. The summed E-state index contributed by atoms with van der Waals surface area (Å²) in [6.07, 6.45) is 9.91. The van der Waals surface area contributed by atoms with Gasteiger partial charge in [0.2, 0.25) is 0 Å². The van der Waals surface area contributed by atoms with Crippen molar-refractivity contribution < 1.29 is 9.53 Å². The molecule has 1 aliphatic rings. The van der Waals surface area contributed by atoms with Crippen LogP contribution in [0.1, 0.15) is 24.3 Å². The van der Waals surface area contributed by atoms with Crippen molar-refractivity contribution in [3.63, 3.8) is 0 Å². The zero-order valence-corrected chi connectivity index (χ0v) is 14.6. The molecular weight excluding hydrogens is 316 g/mol. The Bertz CT molecular complexity index is 903. The van der Waals surface area contributed by atoms with E-state index in [2.05, 4.69) is 41.3 Å². The van der Waals surface area contributed by atoms with Crippen LogP contribution < -0.4 is 11.1 Å². The first-order valence-electron chi connectivity index (χ1n) is 8.05. The number of nitrogens with two attached hydrogens (primary N) is 1. The van der Waals surface area contributed by atoms with Crippen LogP contribution in [0.4, 0.5) is 5.69 Å². The SMILES string of the molecule is COC(=O)c1cc2cc(NCC3=CC(C)(C)C=CC(N)=C3)cnc2[nH]1. The molecule has 2 aromatic heterocycles. The standard InChI is InChI=1S/C19H22N4O2/c1-19(2)5-4-14(20)6-12(9-19)10-21-15-7-13-8-16(18(24)25-3)23-17(13)22-11-15/h4-9,11,21H,10,20H2,1-3H3,(H,22,23). The van der Waals surface area contributed by atoms with Gasteiger partial charge in [-0.05, 0) is 29.9 Å². The summed E-state index contributed by atoms with van der Waals surface area (Å²) in [7, 11) is 1.35. The second-order valence-electron chi connectivity index (χ2n) is 6.71. The van der Waals surface area contributed by atoms with Crippen molar-refractivity contribution in [1.82, 2.24) is 9.97 Å². The molecular formula is C19H22N4O2. The van der Waals surface area contributed by atoms with Gasteiger partial charge in [-0.25, -0.2) is 9.78 Å². The molecule has 6 heteroatoms. The Morgan fingerprint density at radius 1 is 1.40 bits per heavy atom. The Balaban J connectivity index is 1.78. The smallest absolute Gasteiger partial charge is 0.354 e. The summed E-state index contributed by atoms with van der Waals surface area (Å²) >= 11 is 0. The Morgan fingerprint density at radius 2 is 2.20 bits per heavy atom. The lowest BCUT2D eigenvalue weighted by atomic mass is 9.91. The Morgan fingerprint density at radius 3 is 2.96 bits per heavy atom. The van der Waals surface area contributed by atoms with Crippen LogP contribution in [0.25, 0.3) is 11.0 Å². The molecule has 25 heavy (non-hydrogen) atoms. The van der Waals surface area contributed by atoms with E-state index < -0.39 is 5.97 Å².